The van der Waals surface area contributed by atoms with Gasteiger partial charge in [0.05, 0.1) is 13.1 Å². The van der Waals surface area contributed by atoms with E-state index in [1.165, 1.54) is 4.90 Å². The molecule has 0 radical (unpaired) electrons. The number of hydrogen-bond donors (Lipinski definition) is 1. The maximum Gasteiger partial charge on any atom is 0.243 e. The Hall–Kier alpha value is -0.940. The molecule has 2 heterocycles. The first-order valence-electron chi connectivity index (χ1n) is 5.42. The van der Waals surface area contributed by atoms with Gasteiger partial charge in [0, 0.05) is 6.04 Å². The van der Waals surface area contributed by atoms with E-state index in [2.05, 4.69) is 17.3 Å². The fraction of sp³-hybridized carbons (Fsp3) is 0.800. The Morgan fingerprint density at radius 3 is 2.20 bits per heavy atom. The Kier molecular flexibility index (Phi) is 3.02. The third-order valence-electron chi connectivity index (χ3n) is 3.14. The third-order valence-corrected chi connectivity index (χ3v) is 3.14. The van der Waals surface area contributed by atoms with Gasteiger partial charge in [-0.2, -0.15) is 0 Å². The van der Waals surface area contributed by atoms with Gasteiger partial charge in [0.1, 0.15) is 0 Å². The highest BCUT2D eigenvalue weighted by Crippen LogP contribution is 2.16. The highest BCUT2D eigenvalue weighted by Gasteiger charge is 2.33. The predicted octanol–water partition coefficient (Wildman–Crippen LogP) is -0.961. The molecule has 0 bridgehead atoms. The van der Waals surface area contributed by atoms with Crippen molar-refractivity contribution in [2.75, 3.05) is 33.2 Å². The largest absolute Gasteiger partial charge is 0.306 e. The van der Waals surface area contributed by atoms with Gasteiger partial charge < -0.3 is 4.90 Å². The van der Waals surface area contributed by atoms with Crippen molar-refractivity contribution in [3.8, 4) is 0 Å². The van der Waals surface area contributed by atoms with Crippen LogP contribution in [-0.4, -0.2) is 60.9 Å². The van der Waals surface area contributed by atoms with Gasteiger partial charge in [0.25, 0.3) is 0 Å². The smallest absolute Gasteiger partial charge is 0.243 e. The fourth-order valence-electron chi connectivity index (χ4n) is 2.25. The topological polar surface area (TPSA) is 52.6 Å². The standard InChI is InChI=1S/C10H17N3O2/c1-12-4-2-8(3-5-12)13-9(14)6-11-7-10(13)15/h8,11H,2-7H2,1H3. The molecular weight excluding hydrogens is 194 g/mol. The zero-order valence-corrected chi connectivity index (χ0v) is 9.03. The minimum absolute atomic E-state index is 0.0687. The van der Waals surface area contributed by atoms with E-state index in [1.54, 1.807) is 0 Å². The number of piperidine rings is 1. The average Bonchev–Trinajstić information content (AvgIpc) is 2.20. The van der Waals surface area contributed by atoms with Gasteiger partial charge >= 0.3 is 0 Å². The first-order valence-corrected chi connectivity index (χ1v) is 5.42. The first kappa shape index (κ1) is 10.6. The van der Waals surface area contributed by atoms with Crippen LogP contribution in [0.5, 0.6) is 0 Å². The quantitative estimate of drug-likeness (QED) is 0.568. The molecule has 0 unspecified atom stereocenters. The van der Waals surface area contributed by atoms with Crippen molar-refractivity contribution in [2.24, 2.45) is 0 Å². The van der Waals surface area contributed by atoms with Crippen molar-refractivity contribution in [2.45, 2.75) is 18.9 Å². The van der Waals surface area contributed by atoms with Gasteiger partial charge in [-0.3, -0.25) is 19.8 Å². The van der Waals surface area contributed by atoms with Crippen molar-refractivity contribution in [3.63, 3.8) is 0 Å². The number of rotatable bonds is 1. The van der Waals surface area contributed by atoms with Crippen LogP contribution >= 0.6 is 0 Å². The molecule has 84 valence electrons. The van der Waals surface area contributed by atoms with E-state index in [1.807, 2.05) is 0 Å². The highest BCUT2D eigenvalue weighted by atomic mass is 16.2. The number of nitrogens with zero attached hydrogens (tertiary/aromatic N) is 2. The number of nitrogens with one attached hydrogen (secondary N) is 1. The number of carbonyl (C=O) groups excluding carboxylic acids is 2. The van der Waals surface area contributed by atoms with Gasteiger partial charge in [-0.05, 0) is 33.0 Å². The maximum atomic E-state index is 11.6. The molecule has 1 N–H and O–H groups in total. The van der Waals surface area contributed by atoms with E-state index in [-0.39, 0.29) is 17.9 Å². The lowest BCUT2D eigenvalue weighted by molar-refractivity contribution is -0.150. The predicted molar refractivity (Wildman–Crippen MR) is 55.2 cm³/mol. The lowest BCUT2D eigenvalue weighted by atomic mass is 10.0. The summed E-state index contributed by atoms with van der Waals surface area (Å²) in [4.78, 5) is 26.9. The zero-order chi connectivity index (χ0) is 10.8. The lowest BCUT2D eigenvalue weighted by Gasteiger charge is -2.37. The average molecular weight is 211 g/mol. The summed E-state index contributed by atoms with van der Waals surface area (Å²) in [6.07, 6.45) is 1.82. The van der Waals surface area contributed by atoms with Crippen molar-refractivity contribution in [1.82, 2.24) is 15.1 Å². The van der Waals surface area contributed by atoms with Crippen LogP contribution < -0.4 is 5.32 Å². The summed E-state index contributed by atoms with van der Waals surface area (Å²) in [6, 6.07) is 0.128. The summed E-state index contributed by atoms with van der Waals surface area (Å²) in [5, 5.41) is 2.81. The van der Waals surface area contributed by atoms with Crippen molar-refractivity contribution >= 4 is 11.8 Å². The number of carbonyl (C=O) groups is 2. The Balaban J connectivity index is 2.01. The molecule has 2 amide bonds. The molecule has 2 rings (SSSR count). The van der Waals surface area contributed by atoms with Gasteiger partial charge in [0.15, 0.2) is 0 Å². The normalized spacial score (nSPS) is 26.1. The van der Waals surface area contributed by atoms with Crippen LogP contribution in [0.2, 0.25) is 0 Å². The summed E-state index contributed by atoms with van der Waals surface area (Å²) in [5.74, 6) is -0.137. The molecule has 5 heteroatoms. The van der Waals surface area contributed by atoms with Gasteiger partial charge in [-0.15, -0.1) is 0 Å². The van der Waals surface area contributed by atoms with Crippen LogP contribution in [-0.2, 0) is 9.59 Å². The lowest BCUT2D eigenvalue weighted by Crippen LogP contribution is -2.57. The van der Waals surface area contributed by atoms with Gasteiger partial charge in [-0.25, -0.2) is 0 Å². The molecule has 0 aromatic rings. The number of hydrogen-bond acceptors (Lipinski definition) is 4. The molecule has 2 fully saturated rings. The fourth-order valence-corrected chi connectivity index (χ4v) is 2.25. The van der Waals surface area contributed by atoms with Crippen molar-refractivity contribution in [3.05, 3.63) is 0 Å². The molecule has 2 aliphatic heterocycles. The second kappa shape index (κ2) is 4.28. The number of amides is 2. The molecule has 0 aliphatic carbocycles. The van der Waals surface area contributed by atoms with E-state index in [0.29, 0.717) is 13.1 Å². The summed E-state index contributed by atoms with van der Waals surface area (Å²) in [7, 11) is 2.07. The Morgan fingerprint density at radius 2 is 1.67 bits per heavy atom. The maximum absolute atomic E-state index is 11.6. The van der Waals surface area contributed by atoms with E-state index < -0.39 is 0 Å². The molecule has 0 atom stereocenters. The van der Waals surface area contributed by atoms with Crippen molar-refractivity contribution < 1.29 is 9.59 Å². The number of piperazine rings is 1. The number of imide groups is 1. The van der Waals surface area contributed by atoms with Crippen LogP contribution in [0.15, 0.2) is 0 Å². The van der Waals surface area contributed by atoms with Crippen molar-refractivity contribution in [1.29, 1.82) is 0 Å². The van der Waals surface area contributed by atoms with Crippen LogP contribution in [0.25, 0.3) is 0 Å². The second-order valence-electron chi connectivity index (χ2n) is 4.30. The summed E-state index contributed by atoms with van der Waals surface area (Å²) >= 11 is 0. The summed E-state index contributed by atoms with van der Waals surface area (Å²) in [6.45, 7) is 2.54. The first-order chi connectivity index (χ1) is 7.18. The van der Waals surface area contributed by atoms with E-state index in [0.717, 1.165) is 25.9 Å². The minimum atomic E-state index is -0.0687. The van der Waals surface area contributed by atoms with Crippen LogP contribution in [0.1, 0.15) is 12.8 Å². The minimum Gasteiger partial charge on any atom is -0.306 e. The highest BCUT2D eigenvalue weighted by molar-refractivity contribution is 5.99. The van der Waals surface area contributed by atoms with E-state index >= 15 is 0 Å². The molecule has 0 saturated carbocycles. The zero-order valence-electron chi connectivity index (χ0n) is 9.03. The Morgan fingerprint density at radius 1 is 1.13 bits per heavy atom. The van der Waals surface area contributed by atoms with Crippen LogP contribution in [0, 0.1) is 0 Å². The Bertz CT molecular complexity index is 256. The molecule has 0 aromatic heterocycles. The van der Waals surface area contributed by atoms with Crippen LogP contribution in [0.4, 0.5) is 0 Å². The van der Waals surface area contributed by atoms with E-state index in [4.69, 9.17) is 0 Å². The third kappa shape index (κ3) is 2.18. The molecule has 5 nitrogen and oxygen atoms in total. The molecule has 15 heavy (non-hydrogen) atoms. The molecule has 2 aliphatic rings. The van der Waals surface area contributed by atoms with Gasteiger partial charge in [0.2, 0.25) is 11.8 Å². The summed E-state index contributed by atoms with van der Waals surface area (Å²) < 4.78 is 0. The molecular formula is C10H17N3O2. The van der Waals surface area contributed by atoms with Crippen LogP contribution in [0.3, 0.4) is 0 Å². The monoisotopic (exact) mass is 211 g/mol. The summed E-state index contributed by atoms with van der Waals surface area (Å²) in [5.41, 5.74) is 0. The molecule has 0 aromatic carbocycles. The Labute approximate surface area is 89.4 Å². The second-order valence-corrected chi connectivity index (χ2v) is 4.30. The molecule has 0 spiro atoms. The molecule has 2 saturated heterocycles. The van der Waals surface area contributed by atoms with E-state index in [9.17, 15) is 9.59 Å². The van der Waals surface area contributed by atoms with Gasteiger partial charge in [-0.1, -0.05) is 0 Å². The number of likely N-dealkylation sites (tertiary alicyclic amines) is 1. The SMILES string of the molecule is CN1CCC(N2C(=O)CNCC2=O)CC1.